The molecule has 0 fully saturated rings. The second-order valence-electron chi connectivity index (χ2n) is 3.69. The summed E-state index contributed by atoms with van der Waals surface area (Å²) in [5.74, 6) is 1.48. The Labute approximate surface area is 108 Å². The highest BCUT2D eigenvalue weighted by Crippen LogP contribution is 2.23. The van der Waals surface area contributed by atoms with E-state index < -0.39 is 0 Å². The third kappa shape index (κ3) is 1.89. The third-order valence-electron chi connectivity index (χ3n) is 2.55. The predicted octanol–water partition coefficient (Wildman–Crippen LogP) is 2.68. The van der Waals surface area contributed by atoms with E-state index in [2.05, 4.69) is 19.9 Å². The van der Waals surface area contributed by atoms with E-state index in [4.69, 9.17) is 16.3 Å². The second-order valence-corrected chi connectivity index (χ2v) is 4.03. The van der Waals surface area contributed by atoms with E-state index in [9.17, 15) is 0 Å². The van der Waals surface area contributed by atoms with Crippen molar-refractivity contribution in [3.8, 4) is 17.1 Å². The number of rotatable bonds is 2. The number of fused-ring (bicyclic) bond motifs is 1. The number of benzene rings is 1. The second kappa shape index (κ2) is 4.27. The average Bonchev–Trinajstić information content (AvgIpc) is 2.81. The van der Waals surface area contributed by atoms with Gasteiger partial charge in [-0.2, -0.15) is 4.98 Å². The summed E-state index contributed by atoms with van der Waals surface area (Å²) in [5, 5.41) is 0.186. The summed E-state index contributed by atoms with van der Waals surface area (Å²) < 4.78 is 5.18. The number of nitrogens with one attached hydrogen (secondary N) is 1. The highest BCUT2D eigenvalue weighted by Gasteiger charge is 2.07. The average molecular weight is 261 g/mol. The Morgan fingerprint density at radius 3 is 3.00 bits per heavy atom. The maximum Gasteiger partial charge on any atom is 0.224 e. The number of nitrogens with zero attached hydrogens (tertiary/aromatic N) is 3. The fourth-order valence-corrected chi connectivity index (χ4v) is 1.82. The Bertz CT molecular complexity index is 710. The van der Waals surface area contributed by atoms with Crippen LogP contribution in [0.15, 0.2) is 30.5 Å². The van der Waals surface area contributed by atoms with Gasteiger partial charge in [-0.15, -0.1) is 0 Å². The van der Waals surface area contributed by atoms with Crippen LogP contribution in [-0.2, 0) is 0 Å². The molecular formula is C12H9ClN4O. The van der Waals surface area contributed by atoms with Gasteiger partial charge >= 0.3 is 0 Å². The minimum absolute atomic E-state index is 0.186. The molecule has 18 heavy (non-hydrogen) atoms. The van der Waals surface area contributed by atoms with E-state index in [-0.39, 0.29) is 5.28 Å². The molecule has 5 nitrogen and oxygen atoms in total. The smallest absolute Gasteiger partial charge is 0.224 e. The van der Waals surface area contributed by atoms with Gasteiger partial charge in [0.05, 0.1) is 13.3 Å². The minimum Gasteiger partial charge on any atom is -0.497 e. The van der Waals surface area contributed by atoms with E-state index in [0.717, 1.165) is 16.8 Å². The highest BCUT2D eigenvalue weighted by molar-refractivity contribution is 6.28. The Kier molecular flexibility index (Phi) is 2.60. The third-order valence-corrected chi connectivity index (χ3v) is 2.74. The number of aromatic nitrogens is 4. The van der Waals surface area contributed by atoms with Crippen LogP contribution in [0.5, 0.6) is 5.75 Å². The number of H-pyrrole nitrogens is 1. The van der Waals surface area contributed by atoms with Crippen LogP contribution in [-0.4, -0.2) is 27.0 Å². The molecule has 0 amide bonds. The van der Waals surface area contributed by atoms with Crippen molar-refractivity contribution >= 4 is 22.8 Å². The van der Waals surface area contributed by atoms with Gasteiger partial charge < -0.3 is 9.72 Å². The topological polar surface area (TPSA) is 63.7 Å². The van der Waals surface area contributed by atoms with Crippen LogP contribution in [0, 0.1) is 0 Å². The highest BCUT2D eigenvalue weighted by atomic mass is 35.5. The van der Waals surface area contributed by atoms with Crippen molar-refractivity contribution < 1.29 is 4.74 Å². The van der Waals surface area contributed by atoms with Crippen LogP contribution in [0.2, 0.25) is 5.28 Å². The van der Waals surface area contributed by atoms with Crippen molar-refractivity contribution in [1.82, 2.24) is 19.9 Å². The Morgan fingerprint density at radius 2 is 2.17 bits per heavy atom. The van der Waals surface area contributed by atoms with Gasteiger partial charge in [0.1, 0.15) is 17.1 Å². The molecule has 2 aromatic heterocycles. The zero-order chi connectivity index (χ0) is 12.5. The number of ether oxygens (including phenoxy) is 1. The molecule has 1 aromatic carbocycles. The summed E-state index contributed by atoms with van der Waals surface area (Å²) in [6, 6.07) is 7.62. The summed E-state index contributed by atoms with van der Waals surface area (Å²) in [6.45, 7) is 0. The normalized spacial score (nSPS) is 10.8. The molecule has 0 aliphatic rings. The monoisotopic (exact) mass is 260 g/mol. The molecule has 1 N–H and O–H groups in total. The molecule has 0 radical (unpaired) electrons. The van der Waals surface area contributed by atoms with Gasteiger partial charge in [-0.1, -0.05) is 12.1 Å². The summed E-state index contributed by atoms with van der Waals surface area (Å²) >= 11 is 5.73. The van der Waals surface area contributed by atoms with Gasteiger partial charge in [0, 0.05) is 5.56 Å². The number of hydrogen-bond acceptors (Lipinski definition) is 4. The van der Waals surface area contributed by atoms with Crippen LogP contribution >= 0.6 is 11.6 Å². The van der Waals surface area contributed by atoms with Gasteiger partial charge in [0.2, 0.25) is 5.28 Å². The van der Waals surface area contributed by atoms with Gasteiger partial charge in [-0.25, -0.2) is 9.97 Å². The lowest BCUT2D eigenvalue weighted by Gasteiger charge is -2.00. The first-order chi connectivity index (χ1) is 8.76. The SMILES string of the molecule is COc1cccc(-c2nc3nc(Cl)ncc3[nH]2)c1. The Balaban J connectivity index is 2.13. The quantitative estimate of drug-likeness (QED) is 0.720. The maximum absolute atomic E-state index is 5.73. The van der Waals surface area contributed by atoms with E-state index >= 15 is 0 Å². The lowest BCUT2D eigenvalue weighted by molar-refractivity contribution is 0.415. The summed E-state index contributed by atoms with van der Waals surface area (Å²) in [6.07, 6.45) is 1.61. The van der Waals surface area contributed by atoms with Gasteiger partial charge in [-0.3, -0.25) is 0 Å². The zero-order valence-corrected chi connectivity index (χ0v) is 10.3. The molecule has 0 spiro atoms. The van der Waals surface area contributed by atoms with Crippen molar-refractivity contribution in [2.45, 2.75) is 0 Å². The zero-order valence-electron chi connectivity index (χ0n) is 9.51. The molecule has 0 aliphatic heterocycles. The number of aromatic amines is 1. The minimum atomic E-state index is 0.186. The molecular weight excluding hydrogens is 252 g/mol. The van der Waals surface area contributed by atoms with E-state index in [1.807, 2.05) is 24.3 Å². The molecule has 0 unspecified atom stereocenters. The molecule has 0 saturated heterocycles. The van der Waals surface area contributed by atoms with Crippen molar-refractivity contribution in [1.29, 1.82) is 0 Å². The first kappa shape index (κ1) is 11.0. The number of hydrogen-bond donors (Lipinski definition) is 1. The fraction of sp³-hybridized carbons (Fsp3) is 0.0833. The van der Waals surface area contributed by atoms with E-state index in [0.29, 0.717) is 11.5 Å². The van der Waals surface area contributed by atoms with Crippen LogP contribution < -0.4 is 4.74 Å². The van der Waals surface area contributed by atoms with E-state index in [1.54, 1.807) is 13.3 Å². The first-order valence-electron chi connectivity index (χ1n) is 5.29. The molecule has 2 heterocycles. The molecule has 3 aromatic rings. The standard InChI is InChI=1S/C12H9ClN4O/c1-18-8-4-2-3-7(5-8)10-15-9-6-14-12(13)17-11(9)16-10/h2-6H,1H3,(H,14,15,16,17). The maximum atomic E-state index is 5.73. The molecule has 0 aliphatic carbocycles. The molecule has 6 heteroatoms. The van der Waals surface area contributed by atoms with Crippen LogP contribution in [0.25, 0.3) is 22.6 Å². The van der Waals surface area contributed by atoms with Crippen molar-refractivity contribution in [2.75, 3.05) is 7.11 Å². The molecule has 0 atom stereocenters. The molecule has 0 bridgehead atoms. The Morgan fingerprint density at radius 1 is 1.28 bits per heavy atom. The lowest BCUT2D eigenvalue weighted by Crippen LogP contribution is -1.84. The van der Waals surface area contributed by atoms with Gasteiger partial charge in [0.25, 0.3) is 0 Å². The van der Waals surface area contributed by atoms with Crippen LogP contribution in [0.4, 0.5) is 0 Å². The van der Waals surface area contributed by atoms with Crippen molar-refractivity contribution in [3.63, 3.8) is 0 Å². The van der Waals surface area contributed by atoms with Gasteiger partial charge in [-0.05, 0) is 23.7 Å². The van der Waals surface area contributed by atoms with E-state index in [1.165, 1.54) is 0 Å². The lowest BCUT2D eigenvalue weighted by atomic mass is 10.2. The predicted molar refractivity (Wildman–Crippen MR) is 68.7 cm³/mol. The summed E-state index contributed by atoms with van der Waals surface area (Å²) in [5.41, 5.74) is 2.22. The van der Waals surface area contributed by atoms with Crippen LogP contribution in [0.1, 0.15) is 0 Å². The number of halogens is 1. The van der Waals surface area contributed by atoms with Gasteiger partial charge in [0.15, 0.2) is 5.65 Å². The van der Waals surface area contributed by atoms with Crippen molar-refractivity contribution in [3.05, 3.63) is 35.7 Å². The van der Waals surface area contributed by atoms with Crippen LogP contribution in [0.3, 0.4) is 0 Å². The Hall–Kier alpha value is -2.14. The molecule has 3 rings (SSSR count). The summed E-state index contributed by atoms with van der Waals surface area (Å²) in [4.78, 5) is 15.5. The summed E-state index contributed by atoms with van der Waals surface area (Å²) in [7, 11) is 1.63. The first-order valence-corrected chi connectivity index (χ1v) is 5.67. The van der Waals surface area contributed by atoms with Crippen molar-refractivity contribution in [2.24, 2.45) is 0 Å². The number of methoxy groups -OCH3 is 1. The fourth-order valence-electron chi connectivity index (χ4n) is 1.69. The molecule has 0 saturated carbocycles. The largest absolute Gasteiger partial charge is 0.497 e. The molecule has 90 valence electrons. The number of imidazole rings is 1.